The highest BCUT2D eigenvalue weighted by Crippen LogP contribution is 2.21. The Kier molecular flexibility index (Phi) is 3.72. The molecule has 2 rings (SSSR count). The van der Waals surface area contributed by atoms with Crippen LogP contribution in [0, 0.1) is 0 Å². The van der Waals surface area contributed by atoms with E-state index in [2.05, 4.69) is 0 Å². The van der Waals surface area contributed by atoms with Gasteiger partial charge in [0, 0.05) is 13.2 Å². The van der Waals surface area contributed by atoms with Gasteiger partial charge in [0.1, 0.15) is 17.8 Å². The van der Waals surface area contributed by atoms with Gasteiger partial charge < -0.3 is 14.3 Å². The molecule has 1 aliphatic heterocycles. The summed E-state index contributed by atoms with van der Waals surface area (Å²) in [6, 6.07) is 1.25. The van der Waals surface area contributed by atoms with E-state index in [4.69, 9.17) is 14.3 Å². The molecule has 1 saturated heterocycles. The molecule has 1 fully saturated rings. The number of hydrogen-bond acceptors (Lipinski definition) is 5. The lowest BCUT2D eigenvalue weighted by Crippen LogP contribution is -2.29. The Morgan fingerprint density at radius 3 is 2.61 bits per heavy atom. The smallest absolute Gasteiger partial charge is 0.338 e. The largest absolute Gasteiger partial charge is 0.478 e. The minimum atomic E-state index is -3.32. The topological polar surface area (TPSA) is 93.8 Å². The van der Waals surface area contributed by atoms with E-state index in [1.807, 2.05) is 0 Å². The Hall–Kier alpha value is -1.34. The van der Waals surface area contributed by atoms with Gasteiger partial charge in [0.25, 0.3) is 0 Å². The van der Waals surface area contributed by atoms with Crippen molar-refractivity contribution in [2.75, 3.05) is 13.2 Å². The lowest BCUT2D eigenvalue weighted by Gasteiger charge is -2.21. The highest BCUT2D eigenvalue weighted by atomic mass is 32.2. The average molecular weight is 274 g/mol. The number of aromatic carboxylic acids is 1. The molecule has 1 aromatic heterocycles. The minimum Gasteiger partial charge on any atom is -0.478 e. The van der Waals surface area contributed by atoms with Crippen molar-refractivity contribution in [3.05, 3.63) is 23.7 Å². The second-order valence-corrected chi connectivity index (χ2v) is 6.51. The van der Waals surface area contributed by atoms with Crippen LogP contribution in [0.1, 0.15) is 29.0 Å². The number of furan rings is 1. The van der Waals surface area contributed by atoms with Crippen molar-refractivity contribution in [3.8, 4) is 0 Å². The molecule has 0 aliphatic carbocycles. The van der Waals surface area contributed by atoms with Gasteiger partial charge in [0.15, 0.2) is 9.84 Å². The number of carbonyl (C=O) groups is 1. The van der Waals surface area contributed by atoms with Crippen molar-refractivity contribution in [2.45, 2.75) is 23.8 Å². The van der Waals surface area contributed by atoms with Crippen LogP contribution in [0.4, 0.5) is 0 Å². The summed E-state index contributed by atoms with van der Waals surface area (Å²) in [6.07, 6.45) is 2.01. The van der Waals surface area contributed by atoms with E-state index in [0.29, 0.717) is 26.1 Å². The fourth-order valence-electron chi connectivity index (χ4n) is 1.92. The zero-order chi connectivity index (χ0) is 13.2. The SMILES string of the molecule is O=C(O)c1coc(CS(=O)(=O)C2CCOCC2)c1. The molecule has 0 radical (unpaired) electrons. The van der Waals surface area contributed by atoms with Gasteiger partial charge >= 0.3 is 5.97 Å². The van der Waals surface area contributed by atoms with Gasteiger partial charge in [0.05, 0.1) is 10.8 Å². The van der Waals surface area contributed by atoms with Crippen molar-refractivity contribution in [1.82, 2.24) is 0 Å². The quantitative estimate of drug-likeness (QED) is 0.882. The van der Waals surface area contributed by atoms with E-state index in [9.17, 15) is 13.2 Å². The number of sulfone groups is 1. The second-order valence-electron chi connectivity index (χ2n) is 4.23. The fraction of sp³-hybridized carbons (Fsp3) is 0.545. The van der Waals surface area contributed by atoms with E-state index < -0.39 is 21.1 Å². The Labute approximate surface area is 104 Å². The molecule has 2 heterocycles. The number of carboxylic acid groups (broad SMARTS) is 1. The molecule has 1 N–H and O–H groups in total. The Morgan fingerprint density at radius 1 is 1.39 bits per heavy atom. The van der Waals surface area contributed by atoms with Crippen LogP contribution in [0.5, 0.6) is 0 Å². The van der Waals surface area contributed by atoms with Crippen LogP contribution >= 0.6 is 0 Å². The van der Waals surface area contributed by atoms with Crippen molar-refractivity contribution in [3.63, 3.8) is 0 Å². The molecule has 0 bridgehead atoms. The first-order valence-corrected chi connectivity index (χ1v) is 7.30. The van der Waals surface area contributed by atoms with Gasteiger partial charge in [-0.1, -0.05) is 0 Å². The summed E-state index contributed by atoms with van der Waals surface area (Å²) < 4.78 is 34.2. The predicted octanol–water partition coefficient (Wildman–Crippen LogP) is 1.07. The van der Waals surface area contributed by atoms with Gasteiger partial charge in [-0.05, 0) is 18.9 Å². The lowest BCUT2D eigenvalue weighted by atomic mass is 10.2. The van der Waals surface area contributed by atoms with Crippen LogP contribution in [0.3, 0.4) is 0 Å². The number of rotatable bonds is 4. The van der Waals surface area contributed by atoms with Crippen molar-refractivity contribution < 1.29 is 27.5 Å². The molecule has 1 aromatic rings. The molecule has 1 aliphatic rings. The molecule has 100 valence electrons. The van der Waals surface area contributed by atoms with Crippen LogP contribution in [0.25, 0.3) is 0 Å². The van der Waals surface area contributed by atoms with Crippen LogP contribution in [0.2, 0.25) is 0 Å². The molecule has 0 spiro atoms. The Morgan fingerprint density at radius 2 is 2.06 bits per heavy atom. The van der Waals surface area contributed by atoms with E-state index in [0.717, 1.165) is 6.26 Å². The average Bonchev–Trinajstić information content (AvgIpc) is 2.78. The van der Waals surface area contributed by atoms with Gasteiger partial charge in [-0.15, -0.1) is 0 Å². The summed E-state index contributed by atoms with van der Waals surface area (Å²) >= 11 is 0. The standard InChI is InChI=1S/C11H14O6S/c12-11(13)8-5-9(17-6-8)7-18(14,15)10-1-3-16-4-2-10/h5-6,10H,1-4,7H2,(H,12,13). The molecule has 18 heavy (non-hydrogen) atoms. The molecule has 0 atom stereocenters. The van der Waals surface area contributed by atoms with Crippen LogP contribution < -0.4 is 0 Å². The molecular formula is C11H14O6S. The van der Waals surface area contributed by atoms with Crippen LogP contribution in [-0.4, -0.2) is 38.0 Å². The normalized spacial score (nSPS) is 17.8. The summed E-state index contributed by atoms with van der Waals surface area (Å²) in [5.74, 6) is -1.22. The first-order chi connectivity index (χ1) is 8.49. The van der Waals surface area contributed by atoms with Crippen molar-refractivity contribution >= 4 is 15.8 Å². The molecule has 0 unspecified atom stereocenters. The summed E-state index contributed by atoms with van der Waals surface area (Å²) in [7, 11) is -3.32. The molecule has 0 saturated carbocycles. The summed E-state index contributed by atoms with van der Waals surface area (Å²) in [5, 5.41) is 8.29. The number of hydrogen-bond donors (Lipinski definition) is 1. The minimum absolute atomic E-state index is 0.0350. The third-order valence-corrected chi connectivity index (χ3v) is 5.09. The van der Waals surface area contributed by atoms with Crippen LogP contribution in [-0.2, 0) is 20.3 Å². The molecule has 0 amide bonds. The first-order valence-electron chi connectivity index (χ1n) is 5.59. The van der Waals surface area contributed by atoms with Crippen LogP contribution in [0.15, 0.2) is 16.7 Å². The monoisotopic (exact) mass is 274 g/mol. The van der Waals surface area contributed by atoms with E-state index >= 15 is 0 Å². The molecular weight excluding hydrogens is 260 g/mol. The van der Waals surface area contributed by atoms with Gasteiger partial charge in [0.2, 0.25) is 0 Å². The molecule has 6 nitrogen and oxygen atoms in total. The third-order valence-electron chi connectivity index (χ3n) is 2.92. The van der Waals surface area contributed by atoms with E-state index in [1.54, 1.807) is 0 Å². The summed E-state index contributed by atoms with van der Waals surface area (Å²) in [6.45, 7) is 0.894. The highest BCUT2D eigenvalue weighted by molar-refractivity contribution is 7.91. The number of carboxylic acids is 1. The van der Waals surface area contributed by atoms with E-state index in [1.165, 1.54) is 6.07 Å². The maximum Gasteiger partial charge on any atom is 0.338 e. The fourth-order valence-corrected chi connectivity index (χ4v) is 3.61. The van der Waals surface area contributed by atoms with Crippen molar-refractivity contribution in [1.29, 1.82) is 0 Å². The number of ether oxygens (including phenoxy) is 1. The first kappa shape index (κ1) is 13.1. The maximum atomic E-state index is 12.1. The predicted molar refractivity (Wildman–Crippen MR) is 62.1 cm³/mol. The second kappa shape index (κ2) is 5.11. The van der Waals surface area contributed by atoms with Gasteiger partial charge in [-0.25, -0.2) is 13.2 Å². The van der Waals surface area contributed by atoms with E-state index in [-0.39, 0.29) is 17.1 Å². The third kappa shape index (κ3) is 2.91. The zero-order valence-corrected chi connectivity index (χ0v) is 10.5. The maximum absolute atomic E-state index is 12.1. The van der Waals surface area contributed by atoms with Gasteiger partial charge in [-0.2, -0.15) is 0 Å². The lowest BCUT2D eigenvalue weighted by molar-refractivity contribution is 0.0696. The summed E-state index contributed by atoms with van der Waals surface area (Å²) in [4.78, 5) is 10.7. The van der Waals surface area contributed by atoms with Crippen molar-refractivity contribution in [2.24, 2.45) is 0 Å². The molecule has 0 aromatic carbocycles. The highest BCUT2D eigenvalue weighted by Gasteiger charge is 2.29. The Balaban J connectivity index is 2.08. The summed E-state index contributed by atoms with van der Waals surface area (Å²) in [5.41, 5.74) is -0.0350. The Bertz CT molecular complexity index is 523. The molecule has 7 heteroatoms. The van der Waals surface area contributed by atoms with Gasteiger partial charge in [-0.3, -0.25) is 0 Å². The zero-order valence-electron chi connectivity index (χ0n) is 9.66.